The Kier molecular flexibility index (Phi) is 12.3. The van der Waals surface area contributed by atoms with Gasteiger partial charge in [-0.05, 0) is 49.5 Å². The fraction of sp³-hybridized carbons (Fsp3) is 0.645. The predicted molar refractivity (Wildman–Crippen MR) is 145 cm³/mol. The summed E-state index contributed by atoms with van der Waals surface area (Å²) in [5, 5.41) is 0. The van der Waals surface area contributed by atoms with Gasteiger partial charge < -0.3 is 4.74 Å². The summed E-state index contributed by atoms with van der Waals surface area (Å²) in [6, 6.07) is 8.75. The van der Waals surface area contributed by atoms with E-state index in [0.717, 1.165) is 24.3 Å². The topological polar surface area (TPSA) is 52.1 Å². The number of benzene rings is 1. The molecular weight excluding hydrogens is 432 g/mol. The molecule has 0 radical (unpaired) electrons. The second kappa shape index (κ2) is 15.7. The lowest BCUT2D eigenvalue weighted by Crippen LogP contribution is -2.13. The Morgan fingerprint density at radius 3 is 2.06 bits per heavy atom. The van der Waals surface area contributed by atoms with Crippen LogP contribution in [-0.2, 0) is 4.79 Å². The molecule has 1 fully saturated rings. The fourth-order valence-electron chi connectivity index (χ4n) is 5.30. The Bertz CT molecular complexity index is 839. The Balaban J connectivity index is 1.39. The van der Waals surface area contributed by atoms with Crippen molar-refractivity contribution in [2.45, 2.75) is 122 Å². The number of unbranched alkanes of at least 4 members (excludes halogenated alkanes) is 8. The molecule has 0 unspecified atom stereocenters. The molecular formula is C31H46N2O2. The van der Waals surface area contributed by atoms with E-state index in [4.69, 9.17) is 4.74 Å². The molecule has 192 valence electrons. The SMILES string of the molecule is CCCCCCCCCC(=O)Oc1cnc(-c2ccc([C@H]3CC[C@H](CCCCC)CC3)cc2)nc1. The summed E-state index contributed by atoms with van der Waals surface area (Å²) in [5.41, 5.74) is 2.44. The average Bonchev–Trinajstić information content (AvgIpc) is 2.89. The molecule has 0 aliphatic heterocycles. The zero-order valence-electron chi connectivity index (χ0n) is 22.1. The Morgan fingerprint density at radius 1 is 0.800 bits per heavy atom. The van der Waals surface area contributed by atoms with E-state index in [0.29, 0.717) is 23.9 Å². The van der Waals surface area contributed by atoms with Crippen LogP contribution in [0.5, 0.6) is 5.75 Å². The van der Waals surface area contributed by atoms with E-state index in [1.54, 1.807) is 12.4 Å². The third-order valence-corrected chi connectivity index (χ3v) is 7.55. The monoisotopic (exact) mass is 478 g/mol. The summed E-state index contributed by atoms with van der Waals surface area (Å²) in [6.45, 7) is 4.51. The molecule has 1 aromatic carbocycles. The van der Waals surface area contributed by atoms with Crippen molar-refractivity contribution in [3.05, 3.63) is 42.2 Å². The van der Waals surface area contributed by atoms with E-state index < -0.39 is 0 Å². The highest BCUT2D eigenvalue weighted by atomic mass is 16.5. The minimum absolute atomic E-state index is 0.195. The highest BCUT2D eigenvalue weighted by Gasteiger charge is 2.22. The Morgan fingerprint density at radius 2 is 1.40 bits per heavy atom. The maximum Gasteiger partial charge on any atom is 0.311 e. The van der Waals surface area contributed by atoms with Crippen LogP contribution in [0.15, 0.2) is 36.7 Å². The minimum Gasteiger partial charge on any atom is -0.423 e. The van der Waals surface area contributed by atoms with Gasteiger partial charge in [-0.1, -0.05) is 102 Å². The number of rotatable bonds is 15. The Hall–Kier alpha value is -2.23. The second-order valence-corrected chi connectivity index (χ2v) is 10.4. The molecule has 0 saturated heterocycles. The molecule has 0 N–H and O–H groups in total. The summed E-state index contributed by atoms with van der Waals surface area (Å²) >= 11 is 0. The van der Waals surface area contributed by atoms with Crippen molar-refractivity contribution >= 4 is 5.97 Å². The van der Waals surface area contributed by atoms with Crippen molar-refractivity contribution in [3.8, 4) is 17.1 Å². The molecule has 1 aliphatic rings. The van der Waals surface area contributed by atoms with Crippen LogP contribution in [-0.4, -0.2) is 15.9 Å². The number of carbonyl (C=O) groups excluding carboxylic acids is 1. The van der Waals surface area contributed by atoms with Crippen LogP contribution in [0.25, 0.3) is 11.4 Å². The number of esters is 1. The number of carbonyl (C=O) groups is 1. The van der Waals surface area contributed by atoms with Crippen LogP contribution in [0.2, 0.25) is 0 Å². The van der Waals surface area contributed by atoms with Gasteiger partial charge in [-0.2, -0.15) is 0 Å². The third-order valence-electron chi connectivity index (χ3n) is 7.55. The zero-order chi connectivity index (χ0) is 24.7. The molecule has 4 heteroatoms. The molecule has 0 atom stereocenters. The highest BCUT2D eigenvalue weighted by molar-refractivity contribution is 5.72. The van der Waals surface area contributed by atoms with Crippen molar-refractivity contribution in [1.82, 2.24) is 9.97 Å². The van der Waals surface area contributed by atoms with Crippen molar-refractivity contribution in [3.63, 3.8) is 0 Å². The van der Waals surface area contributed by atoms with Gasteiger partial charge in [0.15, 0.2) is 11.6 Å². The van der Waals surface area contributed by atoms with E-state index in [1.807, 2.05) is 0 Å². The van der Waals surface area contributed by atoms with Crippen LogP contribution in [0.4, 0.5) is 0 Å². The molecule has 3 rings (SSSR count). The van der Waals surface area contributed by atoms with Gasteiger partial charge in [-0.3, -0.25) is 4.79 Å². The first kappa shape index (κ1) is 27.4. The lowest BCUT2D eigenvalue weighted by atomic mass is 9.77. The summed E-state index contributed by atoms with van der Waals surface area (Å²) in [5.74, 6) is 2.52. The van der Waals surface area contributed by atoms with Gasteiger partial charge in [0.2, 0.25) is 0 Å². The normalized spacial score (nSPS) is 17.9. The predicted octanol–water partition coefficient (Wildman–Crippen LogP) is 9.04. The molecule has 1 heterocycles. The highest BCUT2D eigenvalue weighted by Crippen LogP contribution is 2.38. The molecule has 0 spiro atoms. The summed E-state index contributed by atoms with van der Waals surface area (Å²) in [4.78, 5) is 21.0. The number of nitrogens with zero attached hydrogens (tertiary/aromatic N) is 2. The van der Waals surface area contributed by atoms with E-state index in [-0.39, 0.29) is 5.97 Å². The average molecular weight is 479 g/mol. The minimum atomic E-state index is -0.195. The molecule has 2 aromatic rings. The smallest absolute Gasteiger partial charge is 0.311 e. The van der Waals surface area contributed by atoms with E-state index in [9.17, 15) is 4.79 Å². The second-order valence-electron chi connectivity index (χ2n) is 10.4. The lowest BCUT2D eigenvalue weighted by molar-refractivity contribution is -0.134. The molecule has 4 nitrogen and oxygen atoms in total. The van der Waals surface area contributed by atoms with Crippen molar-refractivity contribution in [1.29, 1.82) is 0 Å². The largest absolute Gasteiger partial charge is 0.423 e. The van der Waals surface area contributed by atoms with Gasteiger partial charge in [-0.15, -0.1) is 0 Å². The number of aromatic nitrogens is 2. The molecule has 1 aromatic heterocycles. The Labute approximate surface area is 213 Å². The maximum atomic E-state index is 12.1. The first-order chi connectivity index (χ1) is 17.2. The van der Waals surface area contributed by atoms with Gasteiger partial charge in [0.25, 0.3) is 0 Å². The summed E-state index contributed by atoms with van der Waals surface area (Å²) < 4.78 is 5.42. The first-order valence-corrected chi connectivity index (χ1v) is 14.3. The van der Waals surface area contributed by atoms with Crippen molar-refractivity contribution in [2.24, 2.45) is 5.92 Å². The zero-order valence-corrected chi connectivity index (χ0v) is 22.1. The first-order valence-electron chi connectivity index (χ1n) is 14.3. The molecule has 35 heavy (non-hydrogen) atoms. The summed E-state index contributed by atoms with van der Waals surface area (Å²) in [7, 11) is 0. The van der Waals surface area contributed by atoms with Gasteiger partial charge in [0, 0.05) is 12.0 Å². The quantitative estimate of drug-likeness (QED) is 0.189. The standard InChI is InChI=1S/C31H46N2O2/c1-3-5-7-8-9-10-12-14-30(34)35-29-23-32-31(33-24-29)28-21-19-27(20-22-28)26-17-15-25(16-18-26)13-11-6-4-2/h19-26H,3-18H2,1-2H3/t25-,26-. The molecule has 1 saturated carbocycles. The molecule has 0 bridgehead atoms. The number of hydrogen-bond acceptors (Lipinski definition) is 4. The van der Waals surface area contributed by atoms with Crippen LogP contribution in [0, 0.1) is 5.92 Å². The number of hydrogen-bond donors (Lipinski definition) is 0. The van der Waals surface area contributed by atoms with Crippen molar-refractivity contribution < 1.29 is 9.53 Å². The van der Waals surface area contributed by atoms with Crippen LogP contribution < -0.4 is 4.74 Å². The van der Waals surface area contributed by atoms with E-state index in [2.05, 4.69) is 48.1 Å². The van der Waals surface area contributed by atoms with E-state index in [1.165, 1.54) is 89.0 Å². The van der Waals surface area contributed by atoms with Crippen LogP contribution in [0.1, 0.15) is 128 Å². The van der Waals surface area contributed by atoms with Gasteiger partial charge in [0.05, 0.1) is 12.4 Å². The molecule has 0 amide bonds. The number of ether oxygens (including phenoxy) is 1. The van der Waals surface area contributed by atoms with Gasteiger partial charge >= 0.3 is 5.97 Å². The van der Waals surface area contributed by atoms with Crippen LogP contribution >= 0.6 is 0 Å². The van der Waals surface area contributed by atoms with Gasteiger partial charge in [-0.25, -0.2) is 9.97 Å². The van der Waals surface area contributed by atoms with Crippen LogP contribution in [0.3, 0.4) is 0 Å². The maximum absolute atomic E-state index is 12.1. The lowest BCUT2D eigenvalue weighted by Gasteiger charge is -2.29. The fourth-order valence-corrected chi connectivity index (χ4v) is 5.30. The van der Waals surface area contributed by atoms with Gasteiger partial charge in [0.1, 0.15) is 0 Å². The third kappa shape index (κ3) is 9.74. The van der Waals surface area contributed by atoms with E-state index >= 15 is 0 Å². The molecule has 1 aliphatic carbocycles. The summed E-state index contributed by atoms with van der Waals surface area (Å²) in [6.07, 6.45) is 22.9. The van der Waals surface area contributed by atoms with Crippen molar-refractivity contribution in [2.75, 3.05) is 0 Å².